The fourth-order valence-electron chi connectivity index (χ4n) is 2.14. The number of thiophene rings is 1. The van der Waals surface area contributed by atoms with Crippen molar-refractivity contribution in [3.05, 3.63) is 51.7 Å². The van der Waals surface area contributed by atoms with Crippen LogP contribution >= 0.6 is 11.3 Å². The minimum atomic E-state index is -4.46. The average molecular weight is 373 g/mol. The maximum atomic E-state index is 12.6. The third-order valence-corrected chi connectivity index (χ3v) is 4.19. The minimum Gasteiger partial charge on any atom is -0.495 e. The van der Waals surface area contributed by atoms with E-state index in [1.165, 1.54) is 19.2 Å². The zero-order valence-corrected chi connectivity index (χ0v) is 13.9. The Bertz CT molecular complexity index is 755. The number of carbonyl (C=O) groups excluding carboxylic acids is 1. The van der Waals surface area contributed by atoms with Crippen LogP contribution < -0.4 is 4.74 Å². The van der Waals surface area contributed by atoms with Gasteiger partial charge in [0, 0.05) is 6.54 Å². The standard InChI is InChI=1S/C16H14F3NO4S/c1-24-12-6-7-25-14(12)15(23)20(9-13(21)22)8-10-2-4-11(5-3-10)16(17,18)19/h2-7H,8-9H2,1H3,(H,21,22). The molecule has 1 aromatic heterocycles. The van der Waals surface area contributed by atoms with Crippen molar-refractivity contribution >= 4 is 23.2 Å². The van der Waals surface area contributed by atoms with E-state index < -0.39 is 30.2 Å². The van der Waals surface area contributed by atoms with Crippen molar-refractivity contribution in [1.82, 2.24) is 4.90 Å². The van der Waals surface area contributed by atoms with Crippen LogP contribution in [-0.2, 0) is 17.5 Å². The number of rotatable bonds is 6. The Morgan fingerprint density at radius 3 is 2.36 bits per heavy atom. The molecule has 1 N–H and O–H groups in total. The highest BCUT2D eigenvalue weighted by Gasteiger charge is 2.30. The first-order chi connectivity index (χ1) is 11.7. The number of carbonyl (C=O) groups is 2. The molecule has 0 aliphatic rings. The van der Waals surface area contributed by atoms with Crippen molar-refractivity contribution in [2.45, 2.75) is 12.7 Å². The van der Waals surface area contributed by atoms with E-state index in [4.69, 9.17) is 9.84 Å². The van der Waals surface area contributed by atoms with Gasteiger partial charge in [0.1, 0.15) is 17.2 Å². The zero-order valence-electron chi connectivity index (χ0n) is 13.0. The van der Waals surface area contributed by atoms with Crippen molar-refractivity contribution < 1.29 is 32.6 Å². The lowest BCUT2D eigenvalue weighted by Crippen LogP contribution is -2.35. The van der Waals surface area contributed by atoms with E-state index in [1.54, 1.807) is 11.4 Å². The molecule has 2 aromatic rings. The summed E-state index contributed by atoms with van der Waals surface area (Å²) in [6, 6.07) is 5.80. The molecule has 1 amide bonds. The Balaban J connectivity index is 2.23. The Morgan fingerprint density at radius 2 is 1.84 bits per heavy atom. The molecule has 0 atom stereocenters. The smallest absolute Gasteiger partial charge is 0.416 e. The SMILES string of the molecule is COc1ccsc1C(=O)N(CC(=O)O)Cc1ccc(C(F)(F)F)cc1. The number of hydrogen-bond donors (Lipinski definition) is 1. The first-order valence-electron chi connectivity index (χ1n) is 7.01. The molecule has 0 aliphatic carbocycles. The molecule has 0 aliphatic heterocycles. The Morgan fingerprint density at radius 1 is 1.20 bits per heavy atom. The van der Waals surface area contributed by atoms with Crippen molar-refractivity contribution in [3.63, 3.8) is 0 Å². The highest BCUT2D eigenvalue weighted by Crippen LogP contribution is 2.30. The van der Waals surface area contributed by atoms with Crippen LogP contribution in [0.5, 0.6) is 5.75 Å². The number of nitrogens with zero attached hydrogens (tertiary/aromatic N) is 1. The number of carboxylic acids is 1. The molecular formula is C16H14F3NO4S. The van der Waals surface area contributed by atoms with Crippen LogP contribution in [0.2, 0.25) is 0 Å². The molecule has 25 heavy (non-hydrogen) atoms. The molecular weight excluding hydrogens is 359 g/mol. The van der Waals surface area contributed by atoms with Crippen molar-refractivity contribution in [2.75, 3.05) is 13.7 Å². The molecule has 0 bridgehead atoms. The molecule has 0 saturated heterocycles. The summed E-state index contributed by atoms with van der Waals surface area (Å²) < 4.78 is 42.8. The molecule has 0 unspecified atom stereocenters. The summed E-state index contributed by atoms with van der Waals surface area (Å²) in [7, 11) is 1.39. The van der Waals surface area contributed by atoms with Crippen molar-refractivity contribution in [3.8, 4) is 5.75 Å². The van der Waals surface area contributed by atoms with Gasteiger partial charge < -0.3 is 14.7 Å². The Kier molecular flexibility index (Phi) is 5.68. The summed E-state index contributed by atoms with van der Waals surface area (Å²) in [4.78, 5) is 24.9. The second-order valence-electron chi connectivity index (χ2n) is 5.07. The summed E-state index contributed by atoms with van der Waals surface area (Å²) in [5.74, 6) is -1.47. The number of alkyl halides is 3. The van der Waals surface area contributed by atoms with Gasteiger partial charge in [-0.05, 0) is 29.1 Å². The predicted molar refractivity (Wildman–Crippen MR) is 84.7 cm³/mol. The number of hydrogen-bond acceptors (Lipinski definition) is 4. The number of halogens is 3. The Labute approximate surface area is 145 Å². The summed E-state index contributed by atoms with van der Waals surface area (Å²) in [6.45, 7) is -0.717. The highest BCUT2D eigenvalue weighted by atomic mass is 32.1. The number of aliphatic carboxylic acids is 1. The van der Waals surface area contributed by atoms with Crippen LogP contribution in [0.4, 0.5) is 13.2 Å². The summed E-state index contributed by atoms with van der Waals surface area (Å²) >= 11 is 1.10. The van der Waals surface area contributed by atoms with Gasteiger partial charge in [0.25, 0.3) is 5.91 Å². The van der Waals surface area contributed by atoms with E-state index in [1.807, 2.05) is 0 Å². The number of benzene rings is 1. The fourth-order valence-corrected chi connectivity index (χ4v) is 2.97. The second-order valence-corrected chi connectivity index (χ2v) is 5.98. The van der Waals surface area contributed by atoms with Crippen molar-refractivity contribution in [1.29, 1.82) is 0 Å². The monoisotopic (exact) mass is 373 g/mol. The van der Waals surface area contributed by atoms with Gasteiger partial charge >= 0.3 is 12.1 Å². The van der Waals surface area contributed by atoms with Gasteiger partial charge in [0.15, 0.2) is 0 Å². The lowest BCUT2D eigenvalue weighted by Gasteiger charge is -2.21. The molecule has 5 nitrogen and oxygen atoms in total. The quantitative estimate of drug-likeness (QED) is 0.842. The Hall–Kier alpha value is -2.55. The normalized spacial score (nSPS) is 11.2. The van der Waals surface area contributed by atoms with Gasteiger partial charge in [-0.25, -0.2) is 0 Å². The average Bonchev–Trinajstić information content (AvgIpc) is 3.01. The number of methoxy groups -OCH3 is 1. The minimum absolute atomic E-state index is 0.135. The zero-order chi connectivity index (χ0) is 18.6. The number of ether oxygens (including phenoxy) is 1. The molecule has 9 heteroatoms. The molecule has 0 saturated carbocycles. The first kappa shape index (κ1) is 18.8. The fraction of sp³-hybridized carbons (Fsp3) is 0.250. The maximum Gasteiger partial charge on any atom is 0.416 e. The topological polar surface area (TPSA) is 66.8 Å². The molecule has 1 heterocycles. The predicted octanol–water partition coefficient (Wildman–Crippen LogP) is 3.50. The lowest BCUT2D eigenvalue weighted by atomic mass is 10.1. The van der Waals surface area contributed by atoms with Crippen LogP contribution in [0.25, 0.3) is 0 Å². The van der Waals surface area contributed by atoms with Gasteiger partial charge in [0.2, 0.25) is 0 Å². The summed E-state index contributed by atoms with van der Waals surface area (Å²) in [5, 5.41) is 10.6. The second kappa shape index (κ2) is 7.56. The molecule has 2 rings (SSSR count). The van der Waals surface area contributed by atoms with E-state index in [0.717, 1.165) is 28.4 Å². The van der Waals surface area contributed by atoms with E-state index >= 15 is 0 Å². The van der Waals surface area contributed by atoms with E-state index in [9.17, 15) is 22.8 Å². The molecule has 0 fully saturated rings. The van der Waals surface area contributed by atoms with Crippen LogP contribution in [0.3, 0.4) is 0 Å². The largest absolute Gasteiger partial charge is 0.495 e. The van der Waals surface area contributed by atoms with Crippen LogP contribution in [0, 0.1) is 0 Å². The van der Waals surface area contributed by atoms with Gasteiger partial charge in [0.05, 0.1) is 12.7 Å². The summed E-state index contributed by atoms with van der Waals surface area (Å²) in [6.07, 6.45) is -4.46. The third-order valence-electron chi connectivity index (χ3n) is 3.31. The van der Waals surface area contributed by atoms with Gasteiger partial charge in [-0.15, -0.1) is 11.3 Å². The summed E-state index contributed by atoms with van der Waals surface area (Å²) in [5.41, 5.74) is -0.426. The van der Waals surface area contributed by atoms with E-state index in [0.29, 0.717) is 11.3 Å². The lowest BCUT2D eigenvalue weighted by molar-refractivity contribution is -0.138. The maximum absolute atomic E-state index is 12.6. The number of carboxylic acid groups (broad SMARTS) is 1. The van der Waals surface area contributed by atoms with Crippen LogP contribution in [-0.4, -0.2) is 35.5 Å². The van der Waals surface area contributed by atoms with E-state index in [2.05, 4.69) is 0 Å². The van der Waals surface area contributed by atoms with Crippen LogP contribution in [0.15, 0.2) is 35.7 Å². The van der Waals surface area contributed by atoms with Gasteiger partial charge in [-0.3, -0.25) is 9.59 Å². The van der Waals surface area contributed by atoms with E-state index in [-0.39, 0.29) is 11.4 Å². The highest BCUT2D eigenvalue weighted by molar-refractivity contribution is 7.12. The van der Waals surface area contributed by atoms with Gasteiger partial charge in [-0.1, -0.05) is 12.1 Å². The van der Waals surface area contributed by atoms with Crippen molar-refractivity contribution in [2.24, 2.45) is 0 Å². The third kappa shape index (κ3) is 4.72. The van der Waals surface area contributed by atoms with Gasteiger partial charge in [-0.2, -0.15) is 13.2 Å². The molecule has 0 radical (unpaired) electrons. The molecule has 134 valence electrons. The van der Waals surface area contributed by atoms with Crippen LogP contribution in [0.1, 0.15) is 20.8 Å². The number of amides is 1. The molecule has 1 aromatic carbocycles. The first-order valence-corrected chi connectivity index (χ1v) is 7.89. The molecule has 0 spiro atoms.